The summed E-state index contributed by atoms with van der Waals surface area (Å²) in [7, 11) is 0. The molecule has 2 atom stereocenters. The first-order chi connectivity index (χ1) is 15.1. The molecule has 0 aliphatic heterocycles. The van der Waals surface area contributed by atoms with Gasteiger partial charge in [-0.05, 0) is 79.0 Å². The Hall–Kier alpha value is -2.30. The van der Waals surface area contributed by atoms with Crippen LogP contribution in [0.15, 0.2) is 59.5 Å². The standard InChI is InChI=1S/C26H27ClN2O2/c27-22-11-21-18(6-7-28-25(21)30)10-23(22)31-26-12-17-8-19(13-26)24(20(9-17)14-26)29-15-16-4-2-1-3-5-16/h1-7,10-11,17,19-20,24,29H,8-9,12-15H2,(H,28,30). The zero-order valence-electron chi connectivity index (χ0n) is 17.4. The third kappa shape index (κ3) is 3.46. The molecule has 4 bridgehead atoms. The number of ether oxygens (including phenoxy) is 1. The van der Waals surface area contributed by atoms with E-state index in [1.54, 1.807) is 12.3 Å². The first-order valence-electron chi connectivity index (χ1n) is 11.4. The monoisotopic (exact) mass is 434 g/mol. The lowest BCUT2D eigenvalue weighted by molar-refractivity contribution is -0.123. The molecule has 160 valence electrons. The number of H-pyrrole nitrogens is 1. The Kier molecular flexibility index (Phi) is 4.62. The zero-order chi connectivity index (χ0) is 21.0. The van der Waals surface area contributed by atoms with Gasteiger partial charge in [0.2, 0.25) is 0 Å². The molecule has 2 aromatic carbocycles. The Morgan fingerprint density at radius 3 is 2.61 bits per heavy atom. The number of hydrogen-bond donors (Lipinski definition) is 2. The maximum atomic E-state index is 12.1. The van der Waals surface area contributed by atoms with E-state index in [-0.39, 0.29) is 11.2 Å². The predicted molar refractivity (Wildman–Crippen MR) is 124 cm³/mol. The number of fused-ring (bicyclic) bond motifs is 1. The summed E-state index contributed by atoms with van der Waals surface area (Å²) < 4.78 is 6.73. The summed E-state index contributed by atoms with van der Waals surface area (Å²) in [6.45, 7) is 0.933. The summed E-state index contributed by atoms with van der Waals surface area (Å²) in [5.74, 6) is 2.76. The molecule has 0 spiro atoms. The number of pyridine rings is 1. The van der Waals surface area contributed by atoms with Gasteiger partial charge in [-0.15, -0.1) is 0 Å². The largest absolute Gasteiger partial charge is 0.486 e. The van der Waals surface area contributed by atoms with Crippen LogP contribution in [0.3, 0.4) is 0 Å². The van der Waals surface area contributed by atoms with Crippen LogP contribution in [-0.4, -0.2) is 16.6 Å². The van der Waals surface area contributed by atoms with Crippen molar-refractivity contribution in [3.63, 3.8) is 0 Å². The van der Waals surface area contributed by atoms with Gasteiger partial charge in [0.15, 0.2) is 0 Å². The van der Waals surface area contributed by atoms with Crippen molar-refractivity contribution >= 4 is 22.4 Å². The highest BCUT2D eigenvalue weighted by Crippen LogP contribution is 2.57. The molecule has 5 heteroatoms. The molecule has 31 heavy (non-hydrogen) atoms. The number of nitrogens with one attached hydrogen (secondary N) is 2. The minimum atomic E-state index is -0.125. The molecule has 0 saturated heterocycles. The van der Waals surface area contributed by atoms with Crippen LogP contribution >= 0.6 is 11.6 Å². The summed E-state index contributed by atoms with van der Waals surface area (Å²) in [4.78, 5) is 14.8. The van der Waals surface area contributed by atoms with Crippen LogP contribution in [0.4, 0.5) is 0 Å². The highest BCUT2D eigenvalue weighted by molar-refractivity contribution is 6.32. The molecule has 0 amide bonds. The van der Waals surface area contributed by atoms with Crippen molar-refractivity contribution in [1.29, 1.82) is 0 Å². The summed E-state index contributed by atoms with van der Waals surface area (Å²) in [5, 5.41) is 5.89. The van der Waals surface area contributed by atoms with Gasteiger partial charge in [0, 0.05) is 24.2 Å². The van der Waals surface area contributed by atoms with E-state index in [0.717, 1.165) is 42.9 Å². The van der Waals surface area contributed by atoms with E-state index >= 15 is 0 Å². The van der Waals surface area contributed by atoms with E-state index < -0.39 is 0 Å². The van der Waals surface area contributed by atoms with E-state index in [1.165, 1.54) is 18.4 Å². The van der Waals surface area contributed by atoms with Crippen LogP contribution < -0.4 is 15.6 Å². The van der Waals surface area contributed by atoms with Crippen molar-refractivity contribution in [3.05, 3.63) is 75.7 Å². The highest BCUT2D eigenvalue weighted by Gasteiger charge is 2.56. The highest BCUT2D eigenvalue weighted by atomic mass is 35.5. The Balaban J connectivity index is 1.23. The number of hydrogen-bond acceptors (Lipinski definition) is 3. The number of benzene rings is 2. The summed E-state index contributed by atoms with van der Waals surface area (Å²) in [5.41, 5.74) is 1.10. The van der Waals surface area contributed by atoms with Crippen molar-refractivity contribution in [2.75, 3.05) is 0 Å². The lowest BCUT2D eigenvalue weighted by atomic mass is 9.52. The minimum Gasteiger partial charge on any atom is -0.486 e. The Labute approximate surface area is 187 Å². The molecule has 4 aliphatic rings. The molecule has 4 aliphatic carbocycles. The van der Waals surface area contributed by atoms with Crippen LogP contribution in [0, 0.1) is 17.8 Å². The number of halogens is 1. The fourth-order valence-corrected chi connectivity index (χ4v) is 6.94. The van der Waals surface area contributed by atoms with E-state index in [4.69, 9.17) is 16.3 Å². The Morgan fingerprint density at radius 2 is 1.84 bits per heavy atom. The lowest BCUT2D eigenvalue weighted by Crippen LogP contribution is -2.62. The van der Waals surface area contributed by atoms with Crippen molar-refractivity contribution < 1.29 is 4.74 Å². The fourth-order valence-electron chi connectivity index (χ4n) is 6.74. The van der Waals surface area contributed by atoms with Gasteiger partial charge in [-0.2, -0.15) is 0 Å². The van der Waals surface area contributed by atoms with Crippen LogP contribution in [0.1, 0.15) is 37.7 Å². The first kappa shape index (κ1) is 19.4. The minimum absolute atomic E-state index is 0.118. The molecular formula is C26H27ClN2O2. The Morgan fingerprint density at radius 1 is 1.06 bits per heavy atom. The maximum Gasteiger partial charge on any atom is 0.255 e. The molecule has 4 saturated carbocycles. The number of aromatic amines is 1. The van der Waals surface area contributed by atoms with Crippen molar-refractivity contribution in [1.82, 2.24) is 10.3 Å². The van der Waals surface area contributed by atoms with Gasteiger partial charge < -0.3 is 15.0 Å². The summed E-state index contributed by atoms with van der Waals surface area (Å²) in [6, 6.07) is 16.8. The predicted octanol–water partition coefficient (Wildman–Crippen LogP) is 5.30. The molecule has 0 radical (unpaired) electrons. The van der Waals surface area contributed by atoms with Crippen LogP contribution in [0.25, 0.3) is 10.8 Å². The zero-order valence-corrected chi connectivity index (χ0v) is 18.2. The second kappa shape index (κ2) is 7.39. The molecule has 7 rings (SSSR count). The molecule has 1 aromatic heterocycles. The molecule has 4 nitrogen and oxygen atoms in total. The van der Waals surface area contributed by atoms with Crippen LogP contribution in [0.5, 0.6) is 5.75 Å². The molecule has 2 N–H and O–H groups in total. The molecule has 3 aromatic rings. The molecule has 1 heterocycles. The van der Waals surface area contributed by atoms with Gasteiger partial charge in [0.25, 0.3) is 5.56 Å². The van der Waals surface area contributed by atoms with E-state index in [0.29, 0.717) is 28.3 Å². The molecule has 2 unspecified atom stereocenters. The van der Waals surface area contributed by atoms with Crippen LogP contribution in [-0.2, 0) is 6.54 Å². The topological polar surface area (TPSA) is 54.1 Å². The van der Waals surface area contributed by atoms with Gasteiger partial charge in [0.1, 0.15) is 11.4 Å². The maximum absolute atomic E-state index is 12.1. The van der Waals surface area contributed by atoms with Gasteiger partial charge in [-0.3, -0.25) is 4.79 Å². The third-order valence-corrected chi connectivity index (χ3v) is 8.05. The smallest absolute Gasteiger partial charge is 0.255 e. The summed E-state index contributed by atoms with van der Waals surface area (Å²) in [6.07, 6.45) is 7.56. The van der Waals surface area contributed by atoms with E-state index in [9.17, 15) is 4.79 Å². The first-order valence-corrected chi connectivity index (χ1v) is 11.7. The Bertz CT molecular complexity index is 1160. The van der Waals surface area contributed by atoms with Crippen molar-refractivity contribution in [2.24, 2.45) is 17.8 Å². The van der Waals surface area contributed by atoms with Crippen molar-refractivity contribution in [3.8, 4) is 5.75 Å². The van der Waals surface area contributed by atoms with Crippen molar-refractivity contribution in [2.45, 2.75) is 50.3 Å². The number of aromatic nitrogens is 1. The molecular weight excluding hydrogens is 408 g/mol. The second-order valence-electron chi connectivity index (χ2n) is 9.82. The summed E-state index contributed by atoms with van der Waals surface area (Å²) >= 11 is 6.57. The average Bonchev–Trinajstić information content (AvgIpc) is 2.75. The normalized spacial score (nSPS) is 31.3. The van der Waals surface area contributed by atoms with Gasteiger partial charge >= 0.3 is 0 Å². The second-order valence-corrected chi connectivity index (χ2v) is 10.2. The lowest BCUT2D eigenvalue weighted by Gasteiger charge is -2.59. The van der Waals surface area contributed by atoms with Gasteiger partial charge in [-0.1, -0.05) is 41.9 Å². The fraction of sp³-hybridized carbons (Fsp3) is 0.423. The number of rotatable bonds is 5. The third-order valence-electron chi connectivity index (χ3n) is 7.75. The van der Waals surface area contributed by atoms with Gasteiger partial charge in [0.05, 0.1) is 5.02 Å². The van der Waals surface area contributed by atoms with Crippen LogP contribution in [0.2, 0.25) is 5.02 Å². The molecule has 4 fully saturated rings. The SMILES string of the molecule is O=c1[nH]ccc2cc(OC34CC5CC(C3)C(NCc3ccccc3)C(C5)C4)c(Cl)cc12. The van der Waals surface area contributed by atoms with E-state index in [1.807, 2.05) is 12.1 Å². The van der Waals surface area contributed by atoms with E-state index in [2.05, 4.69) is 40.6 Å². The quantitative estimate of drug-likeness (QED) is 0.573. The van der Waals surface area contributed by atoms with Gasteiger partial charge in [-0.25, -0.2) is 0 Å². The average molecular weight is 435 g/mol.